The van der Waals surface area contributed by atoms with Gasteiger partial charge in [-0.15, -0.1) is 0 Å². The molecule has 0 saturated carbocycles. The number of rotatable bonds is 2. The quantitative estimate of drug-likeness (QED) is 0.823. The van der Waals surface area contributed by atoms with E-state index in [1.807, 2.05) is 12.1 Å². The van der Waals surface area contributed by atoms with E-state index in [0.29, 0.717) is 5.92 Å². The molecule has 3 rings (SSSR count). The molecule has 2 aliphatic rings. The van der Waals surface area contributed by atoms with Crippen LogP contribution in [0.3, 0.4) is 0 Å². The van der Waals surface area contributed by atoms with Crippen molar-refractivity contribution in [3.8, 4) is 0 Å². The highest BCUT2D eigenvalue weighted by Crippen LogP contribution is 2.31. The van der Waals surface area contributed by atoms with Crippen LogP contribution in [0.2, 0.25) is 0 Å². The minimum absolute atomic E-state index is 0.129. The molecule has 0 radical (unpaired) electrons. The number of thioether (sulfide) groups is 2. The number of hydrogen-bond donors (Lipinski definition) is 0. The summed E-state index contributed by atoms with van der Waals surface area (Å²) in [6, 6.07) is 7.84. The van der Waals surface area contributed by atoms with E-state index in [2.05, 4.69) is 28.4 Å². The Morgan fingerprint density at radius 2 is 1.74 bits per heavy atom. The van der Waals surface area contributed by atoms with Gasteiger partial charge in [0.1, 0.15) is 5.82 Å². The fraction of sp³-hybridized carbons (Fsp3) is 0.600. The summed E-state index contributed by atoms with van der Waals surface area (Å²) >= 11 is 4.20. The van der Waals surface area contributed by atoms with Crippen LogP contribution in [-0.2, 0) is 0 Å². The molecule has 4 heteroatoms. The van der Waals surface area contributed by atoms with Gasteiger partial charge in [0, 0.05) is 35.6 Å². The largest absolute Gasteiger partial charge is 0.298 e. The Kier molecular flexibility index (Phi) is 4.72. The average molecular weight is 297 g/mol. The van der Waals surface area contributed by atoms with Crippen LogP contribution in [-0.4, -0.2) is 47.0 Å². The van der Waals surface area contributed by atoms with Crippen molar-refractivity contribution in [3.63, 3.8) is 0 Å². The summed E-state index contributed by atoms with van der Waals surface area (Å²) < 4.78 is 13.0. The molecular formula is C15H20FNS2. The van der Waals surface area contributed by atoms with Crippen LogP contribution in [0.5, 0.6) is 0 Å². The van der Waals surface area contributed by atoms with Gasteiger partial charge in [0.05, 0.1) is 0 Å². The van der Waals surface area contributed by atoms with E-state index in [9.17, 15) is 4.39 Å². The van der Waals surface area contributed by atoms with Gasteiger partial charge in [-0.05, 0) is 36.6 Å². The van der Waals surface area contributed by atoms with Crippen molar-refractivity contribution in [2.75, 3.05) is 36.1 Å². The molecule has 0 bridgehead atoms. The van der Waals surface area contributed by atoms with Crippen LogP contribution >= 0.6 is 23.5 Å². The maximum absolute atomic E-state index is 13.0. The zero-order chi connectivity index (χ0) is 13.1. The first-order valence-corrected chi connectivity index (χ1v) is 9.29. The smallest absolute Gasteiger partial charge is 0.123 e. The highest BCUT2D eigenvalue weighted by atomic mass is 32.2. The minimum atomic E-state index is -0.129. The maximum atomic E-state index is 13.0. The molecule has 0 unspecified atom stereocenters. The average Bonchev–Trinajstić information content (AvgIpc) is 2.76. The Balaban J connectivity index is 1.61. The molecule has 2 aliphatic heterocycles. The lowest BCUT2D eigenvalue weighted by molar-refractivity contribution is 0.280. The van der Waals surface area contributed by atoms with E-state index in [1.54, 1.807) is 12.1 Å². The second kappa shape index (κ2) is 6.51. The molecule has 0 spiro atoms. The first-order valence-electron chi connectivity index (χ1n) is 6.98. The molecule has 2 saturated heterocycles. The van der Waals surface area contributed by atoms with Gasteiger partial charge in [-0.1, -0.05) is 12.1 Å². The van der Waals surface area contributed by atoms with Crippen LogP contribution in [0.4, 0.5) is 4.39 Å². The van der Waals surface area contributed by atoms with Crippen molar-refractivity contribution in [2.24, 2.45) is 0 Å². The third-order valence-electron chi connectivity index (χ3n) is 4.07. The maximum Gasteiger partial charge on any atom is 0.123 e. The monoisotopic (exact) mass is 297 g/mol. The molecule has 1 aromatic rings. The van der Waals surface area contributed by atoms with Crippen molar-refractivity contribution >= 4 is 23.5 Å². The molecule has 1 nitrogen and oxygen atoms in total. The summed E-state index contributed by atoms with van der Waals surface area (Å²) in [6.45, 7) is 2.35. The summed E-state index contributed by atoms with van der Waals surface area (Å²) in [6.07, 6.45) is 1.22. The second-order valence-electron chi connectivity index (χ2n) is 5.34. The van der Waals surface area contributed by atoms with Crippen molar-refractivity contribution in [1.82, 2.24) is 4.90 Å². The predicted octanol–water partition coefficient (Wildman–Crippen LogP) is 3.46. The first kappa shape index (κ1) is 13.8. The van der Waals surface area contributed by atoms with Crippen LogP contribution in [0, 0.1) is 5.82 Å². The molecule has 0 aromatic heterocycles. The Labute approximate surface area is 123 Å². The highest BCUT2D eigenvalue weighted by Gasteiger charge is 2.29. The van der Waals surface area contributed by atoms with Gasteiger partial charge in [-0.2, -0.15) is 23.5 Å². The summed E-state index contributed by atoms with van der Waals surface area (Å²) in [7, 11) is 0. The number of hydrogen-bond acceptors (Lipinski definition) is 3. The lowest BCUT2D eigenvalue weighted by Crippen LogP contribution is -2.36. The molecule has 104 valence electrons. The van der Waals surface area contributed by atoms with Crippen molar-refractivity contribution < 1.29 is 4.39 Å². The lowest BCUT2D eigenvalue weighted by Gasteiger charge is -2.26. The van der Waals surface area contributed by atoms with Gasteiger partial charge in [-0.25, -0.2) is 4.39 Å². The van der Waals surface area contributed by atoms with E-state index >= 15 is 0 Å². The van der Waals surface area contributed by atoms with Crippen LogP contribution in [0.15, 0.2) is 24.3 Å². The standard InChI is InChI=1S/C15H20FNS2/c16-14-3-1-12(2-4-14)13-5-6-17(9-13)15-10-18-7-8-19-11-15/h1-4,13,15H,5-11H2/t13-/m0/s1. The molecule has 0 aliphatic carbocycles. The van der Waals surface area contributed by atoms with Crippen molar-refractivity contribution in [1.29, 1.82) is 0 Å². The number of nitrogens with zero attached hydrogens (tertiary/aromatic N) is 1. The Bertz CT molecular complexity index is 401. The Hall–Kier alpha value is -0.190. The SMILES string of the molecule is Fc1ccc([C@H]2CCN(C3CSCCSC3)C2)cc1. The highest BCUT2D eigenvalue weighted by molar-refractivity contribution is 8.03. The molecule has 0 N–H and O–H groups in total. The second-order valence-corrected chi connectivity index (χ2v) is 7.64. The third kappa shape index (κ3) is 3.47. The fourth-order valence-corrected chi connectivity index (χ4v) is 5.57. The summed E-state index contributed by atoms with van der Waals surface area (Å²) in [4.78, 5) is 2.65. The number of likely N-dealkylation sites (tertiary alicyclic amines) is 1. The molecule has 2 heterocycles. The van der Waals surface area contributed by atoms with Crippen LogP contribution in [0.25, 0.3) is 0 Å². The number of benzene rings is 1. The van der Waals surface area contributed by atoms with Gasteiger partial charge in [0.2, 0.25) is 0 Å². The van der Waals surface area contributed by atoms with Gasteiger partial charge in [0.25, 0.3) is 0 Å². The lowest BCUT2D eigenvalue weighted by atomic mass is 9.98. The molecule has 19 heavy (non-hydrogen) atoms. The summed E-state index contributed by atoms with van der Waals surface area (Å²) in [5.74, 6) is 5.63. The Morgan fingerprint density at radius 3 is 2.42 bits per heavy atom. The molecule has 1 aromatic carbocycles. The normalized spacial score (nSPS) is 26.5. The van der Waals surface area contributed by atoms with E-state index < -0.39 is 0 Å². The number of halogens is 1. The Morgan fingerprint density at radius 1 is 1.05 bits per heavy atom. The van der Waals surface area contributed by atoms with E-state index in [1.165, 1.54) is 41.5 Å². The minimum Gasteiger partial charge on any atom is -0.298 e. The molecule has 0 amide bonds. The van der Waals surface area contributed by atoms with Crippen LogP contribution in [0.1, 0.15) is 17.9 Å². The third-order valence-corrected chi connectivity index (χ3v) is 6.55. The molecule has 2 fully saturated rings. The zero-order valence-electron chi connectivity index (χ0n) is 11.1. The van der Waals surface area contributed by atoms with E-state index in [4.69, 9.17) is 0 Å². The fourth-order valence-electron chi connectivity index (χ4n) is 2.94. The van der Waals surface area contributed by atoms with Crippen LogP contribution < -0.4 is 0 Å². The zero-order valence-corrected chi connectivity index (χ0v) is 12.7. The van der Waals surface area contributed by atoms with Gasteiger partial charge >= 0.3 is 0 Å². The topological polar surface area (TPSA) is 3.24 Å². The molecular weight excluding hydrogens is 277 g/mol. The van der Waals surface area contributed by atoms with Gasteiger partial charge < -0.3 is 0 Å². The van der Waals surface area contributed by atoms with Crippen molar-refractivity contribution in [3.05, 3.63) is 35.6 Å². The van der Waals surface area contributed by atoms with E-state index in [-0.39, 0.29) is 5.82 Å². The first-order chi connectivity index (χ1) is 9.33. The summed E-state index contributed by atoms with van der Waals surface area (Å²) in [5, 5.41) is 0. The molecule has 1 atom stereocenters. The van der Waals surface area contributed by atoms with Gasteiger partial charge in [0.15, 0.2) is 0 Å². The predicted molar refractivity (Wildman–Crippen MR) is 83.8 cm³/mol. The summed E-state index contributed by atoms with van der Waals surface area (Å²) in [5.41, 5.74) is 1.30. The van der Waals surface area contributed by atoms with Crippen molar-refractivity contribution in [2.45, 2.75) is 18.4 Å². The van der Waals surface area contributed by atoms with E-state index in [0.717, 1.165) is 12.6 Å². The van der Waals surface area contributed by atoms with Gasteiger partial charge in [-0.3, -0.25) is 4.90 Å².